The van der Waals surface area contributed by atoms with Gasteiger partial charge in [-0.05, 0) is 25.2 Å². The summed E-state index contributed by atoms with van der Waals surface area (Å²) in [7, 11) is -1.35. The van der Waals surface area contributed by atoms with Gasteiger partial charge in [0.2, 0.25) is 10.0 Å². The molecule has 0 amide bonds. The molecule has 8 nitrogen and oxygen atoms in total. The average molecular weight is 399 g/mol. The Hall–Kier alpha value is -1.61. The zero-order valence-electron chi connectivity index (χ0n) is 17.0. The first-order chi connectivity index (χ1) is 12.9. The van der Waals surface area contributed by atoms with Gasteiger partial charge in [0.1, 0.15) is 5.82 Å². The highest BCUT2D eigenvalue weighted by atomic mass is 32.2. The van der Waals surface area contributed by atoms with Crippen LogP contribution in [0.2, 0.25) is 0 Å². The molecule has 1 aromatic rings. The fraction of sp³-hybridized carbons (Fsp3) is 0.778. The Labute approximate surface area is 163 Å². The summed E-state index contributed by atoms with van der Waals surface area (Å²) < 4.78 is 28.1. The lowest BCUT2D eigenvalue weighted by Gasteiger charge is -2.32. The first kappa shape index (κ1) is 21.7. The Balaban J connectivity index is 1.82. The highest BCUT2D eigenvalue weighted by Gasteiger charge is 2.27. The molecular formula is C18H34N6O2S. The van der Waals surface area contributed by atoms with Crippen molar-refractivity contribution >= 4 is 16.0 Å². The van der Waals surface area contributed by atoms with E-state index in [0.717, 1.165) is 31.2 Å². The number of aromatic nitrogens is 2. The minimum atomic E-state index is -3.10. The van der Waals surface area contributed by atoms with Gasteiger partial charge in [-0.3, -0.25) is 4.99 Å². The monoisotopic (exact) mass is 398 g/mol. The molecule has 0 unspecified atom stereocenters. The molecule has 0 spiro atoms. The number of aliphatic imine (C=N–C) groups is 1. The van der Waals surface area contributed by atoms with Gasteiger partial charge in [-0.2, -0.15) is 0 Å². The number of hydrogen-bond donors (Lipinski definition) is 2. The molecule has 0 radical (unpaired) electrons. The Morgan fingerprint density at radius 1 is 1.37 bits per heavy atom. The standard InChI is InChI=1S/C18H34N6O2S/c1-5-12-27(25,26)24-9-6-16(7-10-24)22-18(19-4)21-13-17-20-8-11-23(17)14-15(2)3/h8,11,15-16H,5-7,9-10,12-14H2,1-4H3,(H2,19,21,22). The Morgan fingerprint density at radius 3 is 2.67 bits per heavy atom. The van der Waals surface area contributed by atoms with E-state index < -0.39 is 10.0 Å². The van der Waals surface area contributed by atoms with Crippen molar-refractivity contribution in [3.8, 4) is 0 Å². The van der Waals surface area contributed by atoms with Crippen LogP contribution in [0.3, 0.4) is 0 Å². The number of nitrogens with one attached hydrogen (secondary N) is 2. The lowest BCUT2D eigenvalue weighted by molar-refractivity contribution is 0.306. The second-order valence-electron chi connectivity index (χ2n) is 7.45. The van der Waals surface area contributed by atoms with E-state index in [-0.39, 0.29) is 11.8 Å². The van der Waals surface area contributed by atoms with Crippen LogP contribution in [0.5, 0.6) is 0 Å². The third kappa shape index (κ3) is 6.49. The predicted molar refractivity (Wildman–Crippen MR) is 109 cm³/mol. The quantitative estimate of drug-likeness (QED) is 0.510. The average Bonchev–Trinajstić information content (AvgIpc) is 3.05. The van der Waals surface area contributed by atoms with Gasteiger partial charge in [-0.25, -0.2) is 17.7 Å². The maximum atomic E-state index is 12.2. The van der Waals surface area contributed by atoms with E-state index in [1.165, 1.54) is 0 Å². The van der Waals surface area contributed by atoms with Gasteiger partial charge in [0.25, 0.3) is 0 Å². The molecule has 154 valence electrons. The summed E-state index contributed by atoms with van der Waals surface area (Å²) in [5, 5.41) is 6.73. The van der Waals surface area contributed by atoms with E-state index in [0.29, 0.717) is 32.0 Å². The maximum Gasteiger partial charge on any atom is 0.214 e. The number of guanidine groups is 1. The minimum Gasteiger partial charge on any atom is -0.354 e. The zero-order chi connectivity index (χ0) is 19.9. The molecule has 1 aromatic heterocycles. The molecule has 0 aromatic carbocycles. The molecule has 1 aliphatic heterocycles. The van der Waals surface area contributed by atoms with E-state index in [9.17, 15) is 8.42 Å². The van der Waals surface area contributed by atoms with Gasteiger partial charge < -0.3 is 15.2 Å². The summed E-state index contributed by atoms with van der Waals surface area (Å²) >= 11 is 0. The summed E-state index contributed by atoms with van der Waals surface area (Å²) in [5.41, 5.74) is 0. The third-order valence-electron chi connectivity index (χ3n) is 4.65. The maximum absolute atomic E-state index is 12.2. The zero-order valence-corrected chi connectivity index (χ0v) is 17.8. The molecular weight excluding hydrogens is 364 g/mol. The Kier molecular flexibility index (Phi) is 8.09. The van der Waals surface area contributed by atoms with Crippen molar-refractivity contribution in [2.75, 3.05) is 25.9 Å². The first-order valence-electron chi connectivity index (χ1n) is 9.80. The number of sulfonamides is 1. The van der Waals surface area contributed by atoms with Gasteiger partial charge in [0, 0.05) is 45.1 Å². The van der Waals surface area contributed by atoms with Crippen LogP contribution in [0.4, 0.5) is 0 Å². The van der Waals surface area contributed by atoms with Crippen LogP contribution >= 0.6 is 0 Å². The van der Waals surface area contributed by atoms with Gasteiger partial charge >= 0.3 is 0 Å². The number of rotatable bonds is 8. The summed E-state index contributed by atoms with van der Waals surface area (Å²) in [4.78, 5) is 8.72. The summed E-state index contributed by atoms with van der Waals surface area (Å²) in [6.45, 7) is 8.94. The van der Waals surface area contributed by atoms with E-state index in [2.05, 4.69) is 39.0 Å². The molecule has 0 atom stereocenters. The van der Waals surface area contributed by atoms with Crippen molar-refractivity contribution in [2.45, 2.75) is 59.2 Å². The number of nitrogens with zero attached hydrogens (tertiary/aromatic N) is 4. The molecule has 1 fully saturated rings. The van der Waals surface area contributed by atoms with Crippen LogP contribution < -0.4 is 10.6 Å². The SMILES string of the molecule is CCCS(=O)(=O)N1CCC(NC(=NC)NCc2nccn2CC(C)C)CC1. The van der Waals surface area contributed by atoms with Crippen LogP contribution in [0, 0.1) is 5.92 Å². The smallest absolute Gasteiger partial charge is 0.214 e. The van der Waals surface area contributed by atoms with E-state index in [1.807, 2.05) is 19.3 Å². The van der Waals surface area contributed by atoms with Gasteiger partial charge in [-0.15, -0.1) is 0 Å². The van der Waals surface area contributed by atoms with Crippen LogP contribution in [-0.4, -0.2) is 60.2 Å². The first-order valence-corrected chi connectivity index (χ1v) is 11.4. The molecule has 2 N–H and O–H groups in total. The topological polar surface area (TPSA) is 91.6 Å². The largest absolute Gasteiger partial charge is 0.354 e. The van der Waals surface area contributed by atoms with Crippen molar-refractivity contribution < 1.29 is 8.42 Å². The lowest BCUT2D eigenvalue weighted by Crippen LogP contribution is -2.50. The van der Waals surface area contributed by atoms with Crippen molar-refractivity contribution in [2.24, 2.45) is 10.9 Å². The second-order valence-corrected chi connectivity index (χ2v) is 9.54. The minimum absolute atomic E-state index is 0.222. The molecule has 27 heavy (non-hydrogen) atoms. The van der Waals surface area contributed by atoms with E-state index >= 15 is 0 Å². The molecule has 0 bridgehead atoms. The molecule has 1 saturated heterocycles. The summed E-state index contributed by atoms with van der Waals surface area (Å²) in [6, 6.07) is 0.222. The molecule has 0 aliphatic carbocycles. The highest BCUT2D eigenvalue weighted by Crippen LogP contribution is 2.15. The Bertz CT molecular complexity index is 705. The fourth-order valence-corrected chi connectivity index (χ4v) is 4.82. The van der Waals surface area contributed by atoms with Crippen LogP contribution in [0.1, 0.15) is 45.9 Å². The van der Waals surface area contributed by atoms with E-state index in [4.69, 9.17) is 0 Å². The molecule has 2 heterocycles. The van der Waals surface area contributed by atoms with Crippen LogP contribution in [0.25, 0.3) is 0 Å². The van der Waals surface area contributed by atoms with Gasteiger partial charge in [0.05, 0.1) is 12.3 Å². The van der Waals surface area contributed by atoms with Gasteiger partial charge in [-0.1, -0.05) is 20.8 Å². The summed E-state index contributed by atoms with van der Waals surface area (Å²) in [5.74, 6) is 2.50. The van der Waals surface area contributed by atoms with E-state index in [1.54, 1.807) is 11.4 Å². The van der Waals surface area contributed by atoms with Gasteiger partial charge in [0.15, 0.2) is 5.96 Å². The summed E-state index contributed by atoms with van der Waals surface area (Å²) in [6.07, 6.45) is 6.04. The molecule has 9 heteroatoms. The van der Waals surface area contributed by atoms with Crippen molar-refractivity contribution in [3.63, 3.8) is 0 Å². The number of hydrogen-bond acceptors (Lipinski definition) is 4. The van der Waals surface area contributed by atoms with Crippen molar-refractivity contribution in [3.05, 3.63) is 18.2 Å². The molecule has 1 aliphatic rings. The van der Waals surface area contributed by atoms with Crippen LogP contribution in [0.15, 0.2) is 17.4 Å². The number of imidazole rings is 1. The van der Waals surface area contributed by atoms with Crippen molar-refractivity contribution in [1.29, 1.82) is 0 Å². The second kappa shape index (κ2) is 10.1. The molecule has 0 saturated carbocycles. The lowest BCUT2D eigenvalue weighted by atomic mass is 10.1. The fourth-order valence-electron chi connectivity index (χ4n) is 3.28. The Morgan fingerprint density at radius 2 is 2.07 bits per heavy atom. The highest BCUT2D eigenvalue weighted by molar-refractivity contribution is 7.89. The predicted octanol–water partition coefficient (Wildman–Crippen LogP) is 1.41. The number of piperidine rings is 1. The van der Waals surface area contributed by atoms with Crippen molar-refractivity contribution in [1.82, 2.24) is 24.5 Å². The third-order valence-corrected chi connectivity index (χ3v) is 6.73. The normalized spacial score (nSPS) is 17.4. The van der Waals surface area contributed by atoms with Crippen LogP contribution in [-0.2, 0) is 23.1 Å². The molecule has 2 rings (SSSR count).